The second-order valence-electron chi connectivity index (χ2n) is 6.41. The number of rotatable bonds is 6. The number of aliphatic hydroxyl groups excluding tert-OH is 1. The Morgan fingerprint density at radius 2 is 2.00 bits per heavy atom. The lowest BCUT2D eigenvalue weighted by Gasteiger charge is -2.11. The molecule has 0 aliphatic carbocycles. The minimum atomic E-state index is 0.0152. The summed E-state index contributed by atoms with van der Waals surface area (Å²) >= 11 is 0. The minimum Gasteiger partial charge on any atom is -0.455 e. The molecule has 0 aliphatic rings. The Labute approximate surface area is 161 Å². The first-order valence-electron chi connectivity index (χ1n) is 8.89. The Kier molecular flexibility index (Phi) is 4.86. The van der Waals surface area contributed by atoms with Gasteiger partial charge in [0.25, 0.3) is 0 Å². The summed E-state index contributed by atoms with van der Waals surface area (Å²) < 4.78 is 7.57. The largest absolute Gasteiger partial charge is 0.455 e. The Balaban J connectivity index is 1.56. The number of pyridine rings is 1. The number of aliphatic hydroxyl groups is 1. The van der Waals surface area contributed by atoms with Crippen molar-refractivity contribution in [3.63, 3.8) is 0 Å². The molecule has 3 heterocycles. The van der Waals surface area contributed by atoms with Crippen LogP contribution in [0, 0.1) is 13.8 Å². The van der Waals surface area contributed by atoms with E-state index < -0.39 is 0 Å². The molecule has 0 unspecified atom stereocenters. The van der Waals surface area contributed by atoms with Gasteiger partial charge >= 0.3 is 0 Å². The van der Waals surface area contributed by atoms with Crippen molar-refractivity contribution in [2.45, 2.75) is 20.4 Å². The van der Waals surface area contributed by atoms with Crippen LogP contribution < -0.4 is 10.1 Å². The third-order valence-corrected chi connectivity index (χ3v) is 4.23. The molecule has 0 radical (unpaired) electrons. The molecule has 0 fully saturated rings. The average Bonchev–Trinajstić information content (AvgIpc) is 3.10. The second-order valence-corrected chi connectivity index (χ2v) is 6.41. The highest BCUT2D eigenvalue weighted by molar-refractivity contribution is 5.86. The Morgan fingerprint density at radius 1 is 1.11 bits per heavy atom. The van der Waals surface area contributed by atoms with Crippen LogP contribution in [-0.2, 0) is 6.54 Å². The Hall–Kier alpha value is -3.52. The lowest BCUT2D eigenvalue weighted by Crippen LogP contribution is -2.02. The maximum atomic E-state index is 9.10. The number of aromatic nitrogens is 5. The van der Waals surface area contributed by atoms with Crippen LogP contribution >= 0.6 is 0 Å². The standard InChI is InChI=1S/C20H20N6O2/c1-13-9-15(4-6-18(13)28-16-5-3-14(2)21-10-16)24-20-19-17(22-12-23-20)11-26(25-19)7-8-27/h3-6,9-12,27H,7-8H2,1-2H3,(H,22,23,24). The van der Waals surface area contributed by atoms with Crippen LogP contribution in [-0.4, -0.2) is 36.4 Å². The van der Waals surface area contributed by atoms with E-state index in [1.165, 1.54) is 6.33 Å². The van der Waals surface area contributed by atoms with Crippen LogP contribution in [0.25, 0.3) is 11.0 Å². The predicted molar refractivity (Wildman–Crippen MR) is 106 cm³/mol. The van der Waals surface area contributed by atoms with Crippen LogP contribution in [0.2, 0.25) is 0 Å². The smallest absolute Gasteiger partial charge is 0.162 e. The zero-order valence-corrected chi connectivity index (χ0v) is 15.6. The first-order chi connectivity index (χ1) is 13.6. The molecule has 0 amide bonds. The van der Waals surface area contributed by atoms with Crippen LogP contribution in [0.15, 0.2) is 49.1 Å². The van der Waals surface area contributed by atoms with Crippen LogP contribution in [0.4, 0.5) is 11.5 Å². The molecule has 0 bridgehead atoms. The summed E-state index contributed by atoms with van der Waals surface area (Å²) in [7, 11) is 0. The molecule has 142 valence electrons. The fourth-order valence-electron chi connectivity index (χ4n) is 2.81. The molecule has 4 aromatic rings. The normalized spacial score (nSPS) is 11.0. The lowest BCUT2D eigenvalue weighted by atomic mass is 10.2. The van der Waals surface area contributed by atoms with Gasteiger partial charge in [0.05, 0.1) is 25.5 Å². The van der Waals surface area contributed by atoms with Crippen molar-refractivity contribution in [1.29, 1.82) is 0 Å². The maximum Gasteiger partial charge on any atom is 0.162 e. The summed E-state index contributed by atoms with van der Waals surface area (Å²) in [6, 6.07) is 9.61. The molecule has 3 aromatic heterocycles. The van der Waals surface area contributed by atoms with Gasteiger partial charge in [0.2, 0.25) is 0 Å². The van der Waals surface area contributed by atoms with Gasteiger partial charge in [0.15, 0.2) is 11.3 Å². The fourth-order valence-corrected chi connectivity index (χ4v) is 2.81. The molecule has 0 spiro atoms. The van der Waals surface area contributed by atoms with E-state index in [1.54, 1.807) is 17.1 Å². The molecule has 28 heavy (non-hydrogen) atoms. The van der Waals surface area contributed by atoms with Gasteiger partial charge in [-0.1, -0.05) is 0 Å². The molecular weight excluding hydrogens is 356 g/mol. The number of ether oxygens (including phenoxy) is 1. The summed E-state index contributed by atoms with van der Waals surface area (Å²) in [5, 5.41) is 16.8. The van der Waals surface area contributed by atoms with E-state index in [2.05, 4.69) is 25.4 Å². The molecule has 0 saturated carbocycles. The van der Waals surface area contributed by atoms with Crippen molar-refractivity contribution < 1.29 is 9.84 Å². The summed E-state index contributed by atoms with van der Waals surface area (Å²) in [4.78, 5) is 12.8. The van der Waals surface area contributed by atoms with Gasteiger partial charge in [-0.05, 0) is 49.7 Å². The van der Waals surface area contributed by atoms with Gasteiger partial charge in [0, 0.05) is 11.4 Å². The number of nitrogens with one attached hydrogen (secondary N) is 1. The van der Waals surface area contributed by atoms with Gasteiger partial charge in [-0.3, -0.25) is 9.67 Å². The molecule has 0 aliphatic heterocycles. The van der Waals surface area contributed by atoms with E-state index in [1.807, 2.05) is 44.2 Å². The highest BCUT2D eigenvalue weighted by Crippen LogP contribution is 2.29. The number of aryl methyl sites for hydroxylation is 2. The van der Waals surface area contributed by atoms with Crippen molar-refractivity contribution in [2.24, 2.45) is 0 Å². The van der Waals surface area contributed by atoms with Crippen LogP contribution in [0.3, 0.4) is 0 Å². The van der Waals surface area contributed by atoms with Gasteiger partial charge in [-0.15, -0.1) is 0 Å². The van der Waals surface area contributed by atoms with E-state index in [4.69, 9.17) is 9.84 Å². The molecule has 8 heteroatoms. The highest BCUT2D eigenvalue weighted by Gasteiger charge is 2.10. The van der Waals surface area contributed by atoms with Crippen LogP contribution in [0.1, 0.15) is 11.3 Å². The number of benzene rings is 1. The molecule has 1 aromatic carbocycles. The molecule has 2 N–H and O–H groups in total. The van der Waals surface area contributed by atoms with Crippen molar-refractivity contribution in [1.82, 2.24) is 24.7 Å². The van der Waals surface area contributed by atoms with Crippen LogP contribution in [0.5, 0.6) is 11.5 Å². The number of hydrogen-bond donors (Lipinski definition) is 2. The monoisotopic (exact) mass is 376 g/mol. The number of hydrogen-bond acceptors (Lipinski definition) is 7. The molecular formula is C20H20N6O2. The Morgan fingerprint density at radius 3 is 2.75 bits per heavy atom. The van der Waals surface area contributed by atoms with E-state index in [0.29, 0.717) is 23.6 Å². The fraction of sp³-hybridized carbons (Fsp3) is 0.200. The average molecular weight is 376 g/mol. The number of nitrogens with zero attached hydrogens (tertiary/aromatic N) is 5. The predicted octanol–water partition coefficient (Wildman–Crippen LogP) is 3.37. The maximum absolute atomic E-state index is 9.10. The van der Waals surface area contributed by atoms with E-state index in [9.17, 15) is 0 Å². The van der Waals surface area contributed by atoms with Crippen molar-refractivity contribution >= 4 is 22.5 Å². The SMILES string of the molecule is Cc1ccc(Oc2ccc(Nc3ncnc4cn(CCO)nc34)cc2C)cn1. The summed E-state index contributed by atoms with van der Waals surface area (Å²) in [5.74, 6) is 2.06. The molecule has 0 atom stereocenters. The zero-order valence-electron chi connectivity index (χ0n) is 15.6. The van der Waals surface area contributed by atoms with Crippen molar-refractivity contribution in [2.75, 3.05) is 11.9 Å². The van der Waals surface area contributed by atoms with Crippen molar-refractivity contribution in [3.8, 4) is 11.5 Å². The number of anilines is 2. The van der Waals surface area contributed by atoms with Gasteiger partial charge in [-0.2, -0.15) is 5.10 Å². The van der Waals surface area contributed by atoms with Gasteiger partial charge in [-0.25, -0.2) is 9.97 Å². The topological polar surface area (TPSA) is 98.0 Å². The highest BCUT2D eigenvalue weighted by atomic mass is 16.5. The molecule has 4 rings (SSSR count). The van der Waals surface area contributed by atoms with Gasteiger partial charge in [0.1, 0.15) is 23.3 Å². The minimum absolute atomic E-state index is 0.0152. The zero-order chi connectivity index (χ0) is 19.5. The van der Waals surface area contributed by atoms with E-state index in [-0.39, 0.29) is 6.61 Å². The third kappa shape index (κ3) is 3.77. The Bertz CT molecular complexity index is 1110. The molecule has 8 nitrogen and oxygen atoms in total. The third-order valence-electron chi connectivity index (χ3n) is 4.23. The van der Waals surface area contributed by atoms with Crippen molar-refractivity contribution in [3.05, 3.63) is 60.3 Å². The first-order valence-corrected chi connectivity index (χ1v) is 8.89. The van der Waals surface area contributed by atoms with Gasteiger partial charge < -0.3 is 15.2 Å². The summed E-state index contributed by atoms with van der Waals surface area (Å²) in [6.45, 7) is 4.34. The quantitative estimate of drug-likeness (QED) is 0.532. The summed E-state index contributed by atoms with van der Waals surface area (Å²) in [5.41, 5.74) is 4.15. The second kappa shape index (κ2) is 7.61. The van der Waals surface area contributed by atoms with E-state index in [0.717, 1.165) is 28.2 Å². The van der Waals surface area contributed by atoms with E-state index >= 15 is 0 Å². The number of fused-ring (bicyclic) bond motifs is 1. The molecule has 0 saturated heterocycles. The first kappa shape index (κ1) is 17.9. The lowest BCUT2D eigenvalue weighted by molar-refractivity contribution is 0.270. The summed E-state index contributed by atoms with van der Waals surface area (Å²) in [6.07, 6.45) is 4.99.